The lowest BCUT2D eigenvalue weighted by Gasteiger charge is -2.39. The highest BCUT2D eigenvalue weighted by atomic mass is 79.9. The molecule has 1 aromatic heterocycles. The maximum Gasteiger partial charge on any atom is 0.410 e. The first kappa shape index (κ1) is 20.1. The first-order valence-corrected chi connectivity index (χ1v) is 9.53. The average Bonchev–Trinajstić information content (AvgIpc) is 3.01. The van der Waals surface area contributed by atoms with Crippen molar-refractivity contribution in [3.8, 4) is 0 Å². The normalized spacial score (nSPS) is 18.3. The maximum absolute atomic E-state index is 14.2. The van der Waals surface area contributed by atoms with Crippen LogP contribution in [0.4, 0.5) is 19.6 Å². The minimum Gasteiger partial charge on any atom is -0.444 e. The second-order valence-electron chi connectivity index (χ2n) is 7.40. The van der Waals surface area contributed by atoms with E-state index in [1.807, 2.05) is 6.92 Å². The number of oxazole rings is 1. The quantitative estimate of drug-likeness (QED) is 0.439. The minimum absolute atomic E-state index is 0.0498. The van der Waals surface area contributed by atoms with Gasteiger partial charge in [-0.2, -0.15) is 4.98 Å². The minimum atomic E-state index is -0.970. The van der Waals surface area contributed by atoms with Gasteiger partial charge in [-0.25, -0.2) is 13.6 Å². The molecule has 27 heavy (non-hydrogen) atoms. The van der Waals surface area contributed by atoms with E-state index in [0.29, 0.717) is 19.6 Å². The van der Waals surface area contributed by atoms with Crippen LogP contribution in [0.1, 0.15) is 27.7 Å². The number of hydrogen-bond donors (Lipinski definition) is 0. The molecular formula is C17H19BrClF2N3O3. The third-order valence-electron chi connectivity index (χ3n) is 4.13. The van der Waals surface area contributed by atoms with E-state index in [0.717, 1.165) is 0 Å². The molecule has 1 unspecified atom stereocenters. The highest BCUT2D eigenvalue weighted by Gasteiger charge is 2.33. The van der Waals surface area contributed by atoms with E-state index in [4.69, 9.17) is 20.8 Å². The van der Waals surface area contributed by atoms with Gasteiger partial charge in [-0.15, -0.1) is 0 Å². The zero-order valence-corrected chi connectivity index (χ0v) is 17.6. The van der Waals surface area contributed by atoms with Crippen molar-refractivity contribution in [2.45, 2.75) is 39.3 Å². The Hall–Kier alpha value is -1.61. The predicted octanol–water partition coefficient (Wildman–Crippen LogP) is 4.97. The number of fused-ring (bicyclic) bond motifs is 1. The van der Waals surface area contributed by atoms with Gasteiger partial charge in [0.1, 0.15) is 20.6 Å². The Kier molecular flexibility index (Phi) is 5.28. The highest BCUT2D eigenvalue weighted by molar-refractivity contribution is 9.10. The first-order chi connectivity index (χ1) is 12.5. The summed E-state index contributed by atoms with van der Waals surface area (Å²) in [5, 5.41) is -0.642. The molecule has 1 aliphatic rings. The highest BCUT2D eigenvalue weighted by Crippen LogP contribution is 2.37. The molecule has 3 rings (SSSR count). The Labute approximate surface area is 168 Å². The van der Waals surface area contributed by atoms with Gasteiger partial charge >= 0.3 is 6.09 Å². The number of benzene rings is 1. The Bertz CT molecular complexity index is 855. The Balaban J connectivity index is 1.84. The summed E-state index contributed by atoms with van der Waals surface area (Å²) >= 11 is 8.69. The van der Waals surface area contributed by atoms with Crippen molar-refractivity contribution in [1.82, 2.24) is 9.88 Å². The van der Waals surface area contributed by atoms with Crippen LogP contribution >= 0.6 is 27.5 Å². The Morgan fingerprint density at radius 1 is 1.33 bits per heavy atom. The summed E-state index contributed by atoms with van der Waals surface area (Å²) in [6, 6.07) is -0.0240. The van der Waals surface area contributed by atoms with Crippen LogP contribution in [0, 0.1) is 11.6 Å². The molecule has 1 fully saturated rings. The monoisotopic (exact) mass is 465 g/mol. The maximum atomic E-state index is 14.2. The lowest BCUT2D eigenvalue weighted by Crippen LogP contribution is -2.54. The number of hydrogen-bond acceptors (Lipinski definition) is 5. The van der Waals surface area contributed by atoms with Gasteiger partial charge in [-0.05, 0) is 43.6 Å². The van der Waals surface area contributed by atoms with Gasteiger partial charge in [-0.3, -0.25) is 0 Å². The molecule has 0 N–H and O–H groups in total. The van der Waals surface area contributed by atoms with E-state index in [1.165, 1.54) is 0 Å². The molecule has 2 aromatic rings. The molecule has 1 saturated heterocycles. The van der Waals surface area contributed by atoms with Crippen LogP contribution in [0.15, 0.2) is 8.89 Å². The fourth-order valence-corrected chi connectivity index (χ4v) is 3.62. The summed E-state index contributed by atoms with van der Waals surface area (Å²) in [5.41, 5.74) is -0.776. The molecule has 1 aliphatic heterocycles. The summed E-state index contributed by atoms with van der Waals surface area (Å²) in [5.74, 6) is -1.91. The van der Waals surface area contributed by atoms with E-state index in [-0.39, 0.29) is 27.6 Å². The van der Waals surface area contributed by atoms with E-state index >= 15 is 0 Å². The van der Waals surface area contributed by atoms with Gasteiger partial charge in [0.2, 0.25) is 0 Å². The van der Waals surface area contributed by atoms with Crippen molar-refractivity contribution < 1.29 is 22.7 Å². The lowest BCUT2D eigenvalue weighted by atomic mass is 10.2. The van der Waals surface area contributed by atoms with Gasteiger partial charge in [0.05, 0.1) is 0 Å². The number of rotatable bonds is 1. The smallest absolute Gasteiger partial charge is 0.410 e. The molecule has 6 nitrogen and oxygen atoms in total. The van der Waals surface area contributed by atoms with Crippen molar-refractivity contribution >= 4 is 50.7 Å². The van der Waals surface area contributed by atoms with E-state index in [2.05, 4.69) is 20.9 Å². The molecule has 1 atom stereocenters. The summed E-state index contributed by atoms with van der Waals surface area (Å²) < 4.78 is 39.1. The summed E-state index contributed by atoms with van der Waals surface area (Å²) in [4.78, 5) is 19.8. The van der Waals surface area contributed by atoms with Crippen molar-refractivity contribution in [3.63, 3.8) is 0 Å². The zero-order chi connectivity index (χ0) is 20.1. The molecule has 2 heterocycles. The summed E-state index contributed by atoms with van der Waals surface area (Å²) in [7, 11) is 0. The number of carbonyl (C=O) groups is 1. The van der Waals surface area contributed by atoms with Gasteiger partial charge in [0, 0.05) is 25.7 Å². The lowest BCUT2D eigenvalue weighted by molar-refractivity contribution is 0.0216. The van der Waals surface area contributed by atoms with Gasteiger partial charge in [-0.1, -0.05) is 11.6 Å². The number of ether oxygens (including phenoxy) is 1. The third-order valence-corrected chi connectivity index (χ3v) is 5.17. The zero-order valence-electron chi connectivity index (χ0n) is 15.3. The molecule has 148 valence electrons. The van der Waals surface area contributed by atoms with Gasteiger partial charge in [0.15, 0.2) is 17.2 Å². The van der Waals surface area contributed by atoms with Crippen LogP contribution in [0.25, 0.3) is 11.1 Å². The SMILES string of the molecule is CC1CN(C(=O)OC(C)(C)C)CCN1c1nc2c(F)c(Cl)c(F)c(Br)c2o1. The number of amides is 1. The fraction of sp³-hybridized carbons (Fsp3) is 0.529. The van der Waals surface area contributed by atoms with Crippen molar-refractivity contribution in [3.05, 3.63) is 21.1 Å². The van der Waals surface area contributed by atoms with Crippen molar-refractivity contribution in [1.29, 1.82) is 0 Å². The second kappa shape index (κ2) is 7.09. The topological polar surface area (TPSA) is 58.8 Å². The van der Waals surface area contributed by atoms with Gasteiger partial charge in [0.25, 0.3) is 6.01 Å². The van der Waals surface area contributed by atoms with Crippen LogP contribution < -0.4 is 4.90 Å². The van der Waals surface area contributed by atoms with Crippen molar-refractivity contribution in [2.75, 3.05) is 24.5 Å². The molecule has 0 saturated carbocycles. The van der Waals surface area contributed by atoms with E-state index in [1.54, 1.807) is 30.6 Å². The average molecular weight is 467 g/mol. The molecule has 10 heteroatoms. The molecule has 0 spiro atoms. The van der Waals surface area contributed by atoms with Gasteiger partial charge < -0.3 is 19.0 Å². The van der Waals surface area contributed by atoms with Crippen LogP contribution in [0.5, 0.6) is 0 Å². The number of aromatic nitrogens is 1. The molecule has 0 bridgehead atoms. The summed E-state index contributed by atoms with van der Waals surface area (Å²) in [6.45, 7) is 8.47. The first-order valence-electron chi connectivity index (χ1n) is 8.36. The summed E-state index contributed by atoms with van der Waals surface area (Å²) in [6.07, 6.45) is -0.394. The van der Waals surface area contributed by atoms with E-state index < -0.39 is 28.4 Å². The largest absolute Gasteiger partial charge is 0.444 e. The number of halogens is 4. The molecule has 1 amide bonds. The number of nitrogens with zero attached hydrogens (tertiary/aromatic N) is 3. The predicted molar refractivity (Wildman–Crippen MR) is 101 cm³/mol. The molecule has 0 radical (unpaired) electrons. The number of piperazine rings is 1. The molecule has 0 aliphatic carbocycles. The van der Waals surface area contributed by atoms with Crippen LogP contribution in [0.3, 0.4) is 0 Å². The third kappa shape index (κ3) is 3.85. The standard InChI is InChI=1S/C17H19BrClF2N3O3/c1-8-7-23(16(25)27-17(2,3)4)5-6-24(8)15-22-13-12(21)10(19)11(20)9(18)14(13)26-15/h8H,5-7H2,1-4H3. The number of anilines is 1. The van der Waals surface area contributed by atoms with Crippen molar-refractivity contribution in [2.24, 2.45) is 0 Å². The Morgan fingerprint density at radius 3 is 2.59 bits per heavy atom. The van der Waals surface area contributed by atoms with Crippen LogP contribution in [-0.2, 0) is 4.74 Å². The fourth-order valence-electron chi connectivity index (χ4n) is 2.86. The molecular weight excluding hydrogens is 448 g/mol. The second-order valence-corrected chi connectivity index (χ2v) is 8.57. The Morgan fingerprint density at radius 2 is 2.00 bits per heavy atom. The number of carbonyl (C=O) groups excluding carboxylic acids is 1. The molecule has 1 aromatic carbocycles. The van der Waals surface area contributed by atoms with Crippen LogP contribution in [-0.4, -0.2) is 47.3 Å². The van der Waals surface area contributed by atoms with Crippen LogP contribution in [0.2, 0.25) is 5.02 Å². The van der Waals surface area contributed by atoms with E-state index in [9.17, 15) is 13.6 Å².